The Bertz CT molecular complexity index is 1050. The molecule has 27 heavy (non-hydrogen) atoms. The lowest BCUT2D eigenvalue weighted by atomic mass is 9.86. The van der Waals surface area contributed by atoms with E-state index in [0.29, 0.717) is 16.5 Å². The maximum atomic E-state index is 12.9. The highest BCUT2D eigenvalue weighted by molar-refractivity contribution is 5.82. The maximum Gasteiger partial charge on any atom is 0.235 e. The molecule has 3 aromatic rings. The van der Waals surface area contributed by atoms with Crippen LogP contribution in [0.1, 0.15) is 31.9 Å². The van der Waals surface area contributed by atoms with Gasteiger partial charge in [-0.05, 0) is 35.6 Å². The minimum Gasteiger partial charge on any atom is -0.546 e. The predicted molar refractivity (Wildman–Crippen MR) is 102 cm³/mol. The molecule has 1 aromatic heterocycles. The van der Waals surface area contributed by atoms with Gasteiger partial charge in [0, 0.05) is 5.56 Å². The number of aryl methyl sites for hydroxylation is 1. The van der Waals surface area contributed by atoms with Crippen LogP contribution in [0.5, 0.6) is 5.75 Å². The van der Waals surface area contributed by atoms with E-state index < -0.39 is 18.0 Å². The molecule has 0 aliphatic heterocycles. The van der Waals surface area contributed by atoms with E-state index in [9.17, 15) is 14.7 Å². The van der Waals surface area contributed by atoms with E-state index in [1.54, 1.807) is 18.2 Å². The molecule has 0 amide bonds. The molecule has 0 aliphatic carbocycles. The monoisotopic (exact) mass is 365 g/mol. The van der Waals surface area contributed by atoms with E-state index in [-0.39, 0.29) is 16.9 Å². The summed E-state index contributed by atoms with van der Waals surface area (Å²) in [5.41, 5.74) is 2.71. The third-order valence-corrected chi connectivity index (χ3v) is 4.35. The number of benzene rings is 2. The molecule has 0 N–H and O–H groups in total. The maximum absolute atomic E-state index is 12.9. The van der Waals surface area contributed by atoms with E-state index >= 15 is 0 Å². The van der Waals surface area contributed by atoms with Gasteiger partial charge in [-0.15, -0.1) is 0 Å². The molecule has 5 nitrogen and oxygen atoms in total. The Balaban J connectivity index is 2.21. The first-order chi connectivity index (χ1) is 12.7. The summed E-state index contributed by atoms with van der Waals surface area (Å²) in [7, 11) is 0. The average molecular weight is 365 g/mol. The third kappa shape index (κ3) is 3.87. The number of aliphatic carboxylic acids is 1. The molecular weight excluding hydrogens is 344 g/mol. The number of carboxylic acids is 1. The van der Waals surface area contributed by atoms with E-state index in [0.717, 1.165) is 11.1 Å². The predicted octanol–water partition coefficient (Wildman–Crippen LogP) is 3.19. The van der Waals surface area contributed by atoms with Gasteiger partial charge in [0.15, 0.2) is 5.76 Å². The highest BCUT2D eigenvalue weighted by Crippen LogP contribution is 2.33. The summed E-state index contributed by atoms with van der Waals surface area (Å²) in [6, 6.07) is 12.8. The van der Waals surface area contributed by atoms with Crippen LogP contribution in [0.2, 0.25) is 0 Å². The summed E-state index contributed by atoms with van der Waals surface area (Å²) in [5, 5.41) is 11.2. The molecule has 0 aliphatic rings. The normalized spacial score (nSPS) is 11.6. The summed E-state index contributed by atoms with van der Waals surface area (Å²) in [6.45, 7) is 7.49. The topological polar surface area (TPSA) is 79.6 Å². The van der Waals surface area contributed by atoms with Crippen molar-refractivity contribution >= 4 is 16.9 Å². The van der Waals surface area contributed by atoms with Crippen molar-refractivity contribution < 1.29 is 19.1 Å². The van der Waals surface area contributed by atoms with Crippen LogP contribution >= 0.6 is 0 Å². The Hall–Kier alpha value is -3.08. The van der Waals surface area contributed by atoms with Gasteiger partial charge in [-0.1, -0.05) is 51.1 Å². The molecule has 5 heteroatoms. The molecular formula is C22H21O5-. The second kappa shape index (κ2) is 6.91. The fourth-order valence-corrected chi connectivity index (χ4v) is 2.86. The third-order valence-electron chi connectivity index (χ3n) is 4.35. The number of fused-ring (bicyclic) bond motifs is 1. The second-order valence-corrected chi connectivity index (χ2v) is 7.58. The summed E-state index contributed by atoms with van der Waals surface area (Å²) in [4.78, 5) is 23.7. The van der Waals surface area contributed by atoms with E-state index in [1.807, 2.05) is 31.2 Å². The number of rotatable bonds is 4. The van der Waals surface area contributed by atoms with Crippen LogP contribution in [0.3, 0.4) is 0 Å². The van der Waals surface area contributed by atoms with Crippen molar-refractivity contribution in [3.63, 3.8) is 0 Å². The molecule has 0 fully saturated rings. The highest BCUT2D eigenvalue weighted by Gasteiger charge is 2.19. The van der Waals surface area contributed by atoms with Gasteiger partial charge in [0.25, 0.3) is 0 Å². The molecule has 0 atom stereocenters. The van der Waals surface area contributed by atoms with E-state index in [4.69, 9.17) is 9.15 Å². The van der Waals surface area contributed by atoms with Gasteiger partial charge in [0.2, 0.25) is 11.2 Å². The van der Waals surface area contributed by atoms with Crippen LogP contribution in [-0.4, -0.2) is 12.6 Å². The van der Waals surface area contributed by atoms with Crippen LogP contribution in [0.4, 0.5) is 0 Å². The van der Waals surface area contributed by atoms with Gasteiger partial charge in [0.05, 0.1) is 11.4 Å². The van der Waals surface area contributed by atoms with Crippen molar-refractivity contribution in [3.8, 4) is 17.1 Å². The number of carbonyl (C=O) groups is 1. The molecule has 0 unspecified atom stereocenters. The van der Waals surface area contributed by atoms with Crippen molar-refractivity contribution in [2.45, 2.75) is 33.1 Å². The molecule has 0 spiro atoms. The molecule has 2 aromatic carbocycles. The fraction of sp³-hybridized carbons (Fsp3) is 0.273. The Morgan fingerprint density at radius 3 is 2.37 bits per heavy atom. The largest absolute Gasteiger partial charge is 0.546 e. The van der Waals surface area contributed by atoms with Crippen LogP contribution in [-0.2, 0) is 10.2 Å². The molecule has 0 bridgehead atoms. The lowest BCUT2D eigenvalue weighted by molar-refractivity contribution is -0.307. The van der Waals surface area contributed by atoms with E-state index in [1.165, 1.54) is 0 Å². The number of hydrogen-bond donors (Lipinski definition) is 0. The minimum absolute atomic E-state index is 0.0197. The zero-order valence-corrected chi connectivity index (χ0v) is 15.8. The summed E-state index contributed by atoms with van der Waals surface area (Å²) in [5.74, 6) is -1.33. The first kappa shape index (κ1) is 18.7. The quantitative estimate of drug-likeness (QED) is 0.709. The number of carboxylic acid groups (broad SMARTS) is 1. The summed E-state index contributed by atoms with van der Waals surface area (Å²) in [6.07, 6.45) is 0. The minimum atomic E-state index is -1.41. The first-order valence-electron chi connectivity index (χ1n) is 8.68. The number of carbonyl (C=O) groups excluding carboxylic acids is 1. The number of hydrogen-bond acceptors (Lipinski definition) is 5. The van der Waals surface area contributed by atoms with Crippen LogP contribution in [0, 0.1) is 6.92 Å². The molecule has 3 rings (SSSR count). The van der Waals surface area contributed by atoms with Gasteiger partial charge in [-0.3, -0.25) is 4.79 Å². The SMILES string of the molecule is Cc1ccc2c(=O)c(OCC(=O)[O-])c(-c3ccc(C(C)(C)C)cc3)oc2c1. The summed E-state index contributed by atoms with van der Waals surface area (Å²) >= 11 is 0. The average Bonchev–Trinajstić information content (AvgIpc) is 2.59. The van der Waals surface area contributed by atoms with Crippen LogP contribution in [0.25, 0.3) is 22.3 Å². The Labute approximate surface area is 157 Å². The lowest BCUT2D eigenvalue weighted by Gasteiger charge is -2.19. The van der Waals surface area contributed by atoms with Gasteiger partial charge >= 0.3 is 0 Å². The first-order valence-corrected chi connectivity index (χ1v) is 8.68. The van der Waals surface area contributed by atoms with Gasteiger partial charge in [0.1, 0.15) is 12.2 Å². The summed E-state index contributed by atoms with van der Waals surface area (Å²) < 4.78 is 11.2. The van der Waals surface area contributed by atoms with Gasteiger partial charge in [-0.25, -0.2) is 0 Å². The molecule has 0 saturated carbocycles. The van der Waals surface area contributed by atoms with Gasteiger partial charge < -0.3 is 19.1 Å². The molecule has 0 saturated heterocycles. The van der Waals surface area contributed by atoms with Crippen molar-refractivity contribution in [1.82, 2.24) is 0 Å². The molecule has 140 valence electrons. The number of ether oxygens (including phenoxy) is 1. The van der Waals surface area contributed by atoms with Crippen molar-refractivity contribution in [2.75, 3.05) is 6.61 Å². The van der Waals surface area contributed by atoms with Crippen LogP contribution in [0.15, 0.2) is 51.7 Å². The van der Waals surface area contributed by atoms with Crippen molar-refractivity contribution in [3.05, 3.63) is 63.8 Å². The molecule has 1 heterocycles. The molecule has 0 radical (unpaired) electrons. The zero-order chi connectivity index (χ0) is 19.8. The Morgan fingerprint density at radius 2 is 1.78 bits per heavy atom. The second-order valence-electron chi connectivity index (χ2n) is 7.58. The van der Waals surface area contributed by atoms with Crippen molar-refractivity contribution in [1.29, 1.82) is 0 Å². The standard InChI is InChI=1S/C22H22O5/c1-13-5-10-16-17(11-13)27-20(21(19(16)25)26-12-18(23)24)14-6-8-15(9-7-14)22(2,3)4/h5-11H,12H2,1-4H3,(H,23,24)/p-1. The smallest absolute Gasteiger partial charge is 0.235 e. The van der Waals surface area contributed by atoms with Crippen LogP contribution < -0.4 is 15.3 Å². The fourth-order valence-electron chi connectivity index (χ4n) is 2.86. The Kier molecular flexibility index (Phi) is 4.79. The van der Waals surface area contributed by atoms with E-state index in [2.05, 4.69) is 20.8 Å². The zero-order valence-electron chi connectivity index (χ0n) is 15.8. The van der Waals surface area contributed by atoms with Gasteiger partial charge in [-0.2, -0.15) is 0 Å². The highest BCUT2D eigenvalue weighted by atomic mass is 16.5. The lowest BCUT2D eigenvalue weighted by Crippen LogP contribution is -2.30. The Morgan fingerprint density at radius 1 is 1.11 bits per heavy atom. The van der Waals surface area contributed by atoms with Crippen molar-refractivity contribution in [2.24, 2.45) is 0 Å².